The van der Waals surface area contributed by atoms with Crippen LogP contribution in [-0.4, -0.2) is 31.5 Å². The lowest BCUT2D eigenvalue weighted by Crippen LogP contribution is -2.43. The predicted molar refractivity (Wildman–Crippen MR) is 63.2 cm³/mol. The fraction of sp³-hybridized carbons (Fsp3) is 0.333. The largest absolute Gasteiger partial charge is 0.495 e. The molecule has 0 aliphatic carbocycles. The second-order valence-electron chi connectivity index (χ2n) is 3.45. The maximum Gasteiger partial charge on any atom is 0.419 e. The van der Waals surface area contributed by atoms with Gasteiger partial charge in [0.2, 0.25) is 0 Å². The minimum absolute atomic E-state index is 0.0407. The average Bonchev–Trinajstić information content (AvgIpc) is 2.39. The first-order valence-electron chi connectivity index (χ1n) is 5.43. The molecule has 1 aromatic carbocycles. The van der Waals surface area contributed by atoms with Gasteiger partial charge in [-0.3, -0.25) is 4.79 Å². The predicted octanol–water partition coefficient (Wildman–Crippen LogP) is 1.83. The number of carbonyl (C=O) groups is 2. The first-order chi connectivity index (χ1) is 8.93. The SMILES string of the molecule is CCOC(=O)C(F)(F)C(=O)Nc1ccccc1OC. The van der Waals surface area contributed by atoms with E-state index in [1.54, 1.807) is 6.07 Å². The highest BCUT2D eigenvalue weighted by molar-refractivity contribution is 6.10. The van der Waals surface area contributed by atoms with Gasteiger partial charge in [0.15, 0.2) is 0 Å². The van der Waals surface area contributed by atoms with Gasteiger partial charge in [0, 0.05) is 0 Å². The Morgan fingerprint density at radius 1 is 1.32 bits per heavy atom. The van der Waals surface area contributed by atoms with Gasteiger partial charge in [-0.15, -0.1) is 0 Å². The maximum absolute atomic E-state index is 13.4. The lowest BCUT2D eigenvalue weighted by Gasteiger charge is -2.15. The van der Waals surface area contributed by atoms with E-state index in [9.17, 15) is 18.4 Å². The number of rotatable bonds is 5. The third kappa shape index (κ3) is 3.40. The van der Waals surface area contributed by atoms with Crippen molar-refractivity contribution in [2.75, 3.05) is 19.0 Å². The van der Waals surface area contributed by atoms with Crippen LogP contribution < -0.4 is 10.1 Å². The van der Waals surface area contributed by atoms with E-state index in [4.69, 9.17) is 4.74 Å². The van der Waals surface area contributed by atoms with E-state index in [1.807, 2.05) is 5.32 Å². The van der Waals surface area contributed by atoms with Crippen LogP contribution in [0.4, 0.5) is 14.5 Å². The molecule has 5 nitrogen and oxygen atoms in total. The van der Waals surface area contributed by atoms with Crippen molar-refractivity contribution < 1.29 is 27.8 Å². The number of ether oxygens (including phenoxy) is 2. The van der Waals surface area contributed by atoms with Gasteiger partial charge in [-0.1, -0.05) is 12.1 Å². The summed E-state index contributed by atoms with van der Waals surface area (Å²) in [5.41, 5.74) is 0.0407. The lowest BCUT2D eigenvalue weighted by molar-refractivity contribution is -0.175. The van der Waals surface area contributed by atoms with Crippen molar-refractivity contribution in [3.63, 3.8) is 0 Å². The highest BCUT2D eigenvalue weighted by Crippen LogP contribution is 2.26. The Morgan fingerprint density at radius 3 is 2.53 bits per heavy atom. The summed E-state index contributed by atoms with van der Waals surface area (Å²) in [5.74, 6) is -7.70. The number of methoxy groups -OCH3 is 1. The summed E-state index contributed by atoms with van der Waals surface area (Å²) in [6.07, 6.45) is 0. The fourth-order valence-electron chi connectivity index (χ4n) is 1.26. The van der Waals surface area contributed by atoms with Crippen molar-refractivity contribution in [3.8, 4) is 5.75 Å². The highest BCUT2D eigenvalue weighted by atomic mass is 19.3. The zero-order valence-corrected chi connectivity index (χ0v) is 10.4. The third-order valence-corrected chi connectivity index (χ3v) is 2.17. The van der Waals surface area contributed by atoms with Crippen molar-refractivity contribution in [3.05, 3.63) is 24.3 Å². The topological polar surface area (TPSA) is 64.6 Å². The molecule has 0 aliphatic rings. The maximum atomic E-state index is 13.4. The van der Waals surface area contributed by atoms with Crippen molar-refractivity contribution in [1.82, 2.24) is 0 Å². The first-order valence-corrected chi connectivity index (χ1v) is 5.43. The zero-order valence-electron chi connectivity index (χ0n) is 10.4. The van der Waals surface area contributed by atoms with Crippen LogP contribution in [0.5, 0.6) is 5.75 Å². The van der Waals surface area contributed by atoms with Gasteiger partial charge in [-0.05, 0) is 19.1 Å². The molecule has 104 valence electrons. The number of hydrogen-bond donors (Lipinski definition) is 1. The molecule has 1 N–H and O–H groups in total. The molecule has 0 aromatic heterocycles. The summed E-state index contributed by atoms with van der Waals surface area (Å²) < 4.78 is 35.8. The number of alkyl halides is 2. The minimum atomic E-state index is -4.25. The lowest BCUT2D eigenvalue weighted by atomic mass is 10.2. The summed E-state index contributed by atoms with van der Waals surface area (Å²) in [4.78, 5) is 22.4. The molecular formula is C12H13F2NO4. The fourth-order valence-corrected chi connectivity index (χ4v) is 1.26. The van der Waals surface area contributed by atoms with Crippen LogP contribution >= 0.6 is 0 Å². The zero-order chi connectivity index (χ0) is 14.5. The number of esters is 1. The number of para-hydroxylation sites is 2. The minimum Gasteiger partial charge on any atom is -0.495 e. The van der Waals surface area contributed by atoms with Crippen LogP contribution in [0.2, 0.25) is 0 Å². The summed E-state index contributed by atoms with van der Waals surface area (Å²) in [6, 6.07) is 5.99. The molecule has 7 heteroatoms. The number of nitrogens with one attached hydrogen (secondary N) is 1. The molecule has 0 heterocycles. The number of benzene rings is 1. The Hall–Kier alpha value is -2.18. The monoisotopic (exact) mass is 273 g/mol. The Kier molecular flexibility index (Phi) is 4.80. The molecule has 0 aliphatic heterocycles. The number of hydrogen-bond acceptors (Lipinski definition) is 4. The smallest absolute Gasteiger partial charge is 0.419 e. The molecule has 0 unspecified atom stereocenters. The van der Waals surface area contributed by atoms with Crippen LogP contribution in [0, 0.1) is 0 Å². The van der Waals surface area contributed by atoms with Crippen LogP contribution in [0.1, 0.15) is 6.92 Å². The molecule has 0 saturated carbocycles. The quantitative estimate of drug-likeness (QED) is 0.656. The normalized spacial score (nSPS) is 10.7. The van der Waals surface area contributed by atoms with E-state index in [-0.39, 0.29) is 18.0 Å². The number of amides is 1. The van der Waals surface area contributed by atoms with Gasteiger partial charge in [-0.2, -0.15) is 8.78 Å². The molecule has 0 radical (unpaired) electrons. The molecule has 0 saturated heterocycles. The molecule has 0 atom stereocenters. The Labute approximate surface area is 108 Å². The van der Waals surface area contributed by atoms with Crippen LogP contribution in [0.15, 0.2) is 24.3 Å². The van der Waals surface area contributed by atoms with E-state index < -0.39 is 17.8 Å². The molecule has 1 amide bonds. The van der Waals surface area contributed by atoms with Crippen molar-refractivity contribution >= 4 is 17.6 Å². The molecule has 0 fully saturated rings. The Morgan fingerprint density at radius 2 is 1.95 bits per heavy atom. The number of anilines is 1. The van der Waals surface area contributed by atoms with E-state index in [2.05, 4.69) is 4.74 Å². The molecular weight excluding hydrogens is 260 g/mol. The number of carbonyl (C=O) groups excluding carboxylic acids is 2. The van der Waals surface area contributed by atoms with Crippen LogP contribution in [-0.2, 0) is 14.3 Å². The highest BCUT2D eigenvalue weighted by Gasteiger charge is 2.49. The van der Waals surface area contributed by atoms with Gasteiger partial charge >= 0.3 is 17.8 Å². The molecule has 0 bridgehead atoms. The van der Waals surface area contributed by atoms with Crippen molar-refractivity contribution in [2.24, 2.45) is 0 Å². The van der Waals surface area contributed by atoms with Gasteiger partial charge in [0.1, 0.15) is 5.75 Å². The van der Waals surface area contributed by atoms with E-state index in [0.717, 1.165) is 0 Å². The Bertz CT molecular complexity index is 477. The van der Waals surface area contributed by atoms with E-state index in [0.29, 0.717) is 0 Å². The standard InChI is InChI=1S/C12H13F2NO4/c1-3-19-11(17)12(13,14)10(16)15-8-6-4-5-7-9(8)18-2/h4-7H,3H2,1-2H3,(H,15,16). The van der Waals surface area contributed by atoms with Gasteiger partial charge in [0.05, 0.1) is 19.4 Å². The summed E-state index contributed by atoms with van der Waals surface area (Å²) in [6.45, 7) is 1.13. The molecule has 19 heavy (non-hydrogen) atoms. The van der Waals surface area contributed by atoms with Crippen molar-refractivity contribution in [1.29, 1.82) is 0 Å². The Balaban J connectivity index is 2.87. The average molecular weight is 273 g/mol. The summed E-state index contributed by atoms with van der Waals surface area (Å²) >= 11 is 0. The van der Waals surface area contributed by atoms with Gasteiger partial charge in [-0.25, -0.2) is 4.79 Å². The molecule has 0 spiro atoms. The first kappa shape index (κ1) is 14.9. The van der Waals surface area contributed by atoms with Gasteiger partial charge in [0.25, 0.3) is 0 Å². The molecule has 1 rings (SSSR count). The molecule has 1 aromatic rings. The van der Waals surface area contributed by atoms with E-state index >= 15 is 0 Å². The summed E-state index contributed by atoms with van der Waals surface area (Å²) in [7, 11) is 1.33. The number of halogens is 2. The van der Waals surface area contributed by atoms with Gasteiger partial charge < -0.3 is 14.8 Å². The third-order valence-electron chi connectivity index (χ3n) is 2.17. The summed E-state index contributed by atoms with van der Waals surface area (Å²) in [5, 5.41) is 1.93. The van der Waals surface area contributed by atoms with Crippen molar-refractivity contribution in [2.45, 2.75) is 12.8 Å². The van der Waals surface area contributed by atoms with Crippen LogP contribution in [0.25, 0.3) is 0 Å². The second kappa shape index (κ2) is 6.12. The second-order valence-corrected chi connectivity index (χ2v) is 3.45. The van der Waals surface area contributed by atoms with Crippen LogP contribution in [0.3, 0.4) is 0 Å². The van der Waals surface area contributed by atoms with E-state index in [1.165, 1.54) is 32.2 Å².